The molecular formula is C17H20N2O2. The van der Waals surface area contributed by atoms with Crippen LogP contribution in [0.5, 0.6) is 0 Å². The van der Waals surface area contributed by atoms with E-state index in [9.17, 15) is 4.79 Å². The summed E-state index contributed by atoms with van der Waals surface area (Å²) in [6, 6.07) is 17.8. The molecule has 2 aromatic carbocycles. The van der Waals surface area contributed by atoms with Gasteiger partial charge in [0.25, 0.3) is 0 Å². The maximum Gasteiger partial charge on any atom is 0.314 e. The van der Waals surface area contributed by atoms with E-state index in [2.05, 4.69) is 10.6 Å². The van der Waals surface area contributed by atoms with Gasteiger partial charge in [0, 0.05) is 13.6 Å². The average molecular weight is 284 g/mol. The summed E-state index contributed by atoms with van der Waals surface area (Å²) in [5.74, 6) is 0. The number of nitrogens with one attached hydrogen (secondary N) is 2. The minimum atomic E-state index is -0.185. The molecule has 4 nitrogen and oxygen atoms in total. The first-order valence-electron chi connectivity index (χ1n) is 6.93. The van der Waals surface area contributed by atoms with Crippen molar-refractivity contribution in [1.29, 1.82) is 0 Å². The normalized spacial score (nSPS) is 10.1. The Kier molecular flexibility index (Phi) is 5.79. The van der Waals surface area contributed by atoms with E-state index in [0.717, 1.165) is 16.7 Å². The highest BCUT2D eigenvalue weighted by atomic mass is 16.5. The van der Waals surface area contributed by atoms with Crippen LogP contribution >= 0.6 is 0 Å². The molecule has 2 rings (SSSR count). The van der Waals surface area contributed by atoms with Gasteiger partial charge in [-0.15, -0.1) is 0 Å². The first kappa shape index (κ1) is 15.1. The van der Waals surface area contributed by atoms with Gasteiger partial charge in [-0.05, 0) is 16.7 Å². The van der Waals surface area contributed by atoms with Crippen molar-refractivity contribution in [3.8, 4) is 0 Å². The number of rotatable bonds is 6. The second-order valence-electron chi connectivity index (χ2n) is 4.68. The minimum absolute atomic E-state index is 0.185. The molecule has 0 aromatic heterocycles. The summed E-state index contributed by atoms with van der Waals surface area (Å²) in [5.41, 5.74) is 3.30. The Labute approximate surface area is 125 Å². The number of carbonyl (C=O) groups excluding carboxylic acids is 1. The number of hydrogen-bond acceptors (Lipinski definition) is 2. The first-order chi connectivity index (χ1) is 10.3. The van der Waals surface area contributed by atoms with Gasteiger partial charge in [-0.2, -0.15) is 0 Å². The Bertz CT molecular complexity index is 570. The third-order valence-corrected chi connectivity index (χ3v) is 3.15. The molecule has 0 bridgehead atoms. The summed E-state index contributed by atoms with van der Waals surface area (Å²) in [6.07, 6.45) is 0. The molecule has 0 spiro atoms. The zero-order valence-electron chi connectivity index (χ0n) is 12.1. The smallest absolute Gasteiger partial charge is 0.314 e. The first-order valence-corrected chi connectivity index (χ1v) is 6.93. The van der Waals surface area contributed by atoms with Crippen molar-refractivity contribution in [2.24, 2.45) is 0 Å². The molecule has 0 aliphatic rings. The van der Waals surface area contributed by atoms with Crippen LogP contribution in [-0.4, -0.2) is 13.1 Å². The van der Waals surface area contributed by atoms with Crippen LogP contribution in [0.2, 0.25) is 0 Å². The molecule has 4 heteroatoms. The summed E-state index contributed by atoms with van der Waals surface area (Å²) < 4.78 is 5.75. The van der Waals surface area contributed by atoms with Crippen molar-refractivity contribution in [3.05, 3.63) is 71.3 Å². The molecule has 0 unspecified atom stereocenters. The molecule has 2 amide bonds. The van der Waals surface area contributed by atoms with Crippen molar-refractivity contribution >= 4 is 6.03 Å². The molecule has 0 heterocycles. The SMILES string of the molecule is CNC(=O)NCc1ccccc1COCc1ccccc1. The molecule has 0 radical (unpaired) electrons. The maximum absolute atomic E-state index is 11.2. The van der Waals surface area contributed by atoms with Crippen LogP contribution in [-0.2, 0) is 24.5 Å². The second-order valence-corrected chi connectivity index (χ2v) is 4.68. The Morgan fingerprint density at radius 2 is 1.62 bits per heavy atom. The van der Waals surface area contributed by atoms with Gasteiger partial charge in [0.05, 0.1) is 13.2 Å². The van der Waals surface area contributed by atoms with E-state index in [0.29, 0.717) is 19.8 Å². The summed E-state index contributed by atoms with van der Waals surface area (Å²) in [5, 5.41) is 5.33. The summed E-state index contributed by atoms with van der Waals surface area (Å²) in [7, 11) is 1.60. The third kappa shape index (κ3) is 4.93. The number of amides is 2. The Balaban J connectivity index is 1.89. The van der Waals surface area contributed by atoms with Gasteiger partial charge in [-0.1, -0.05) is 54.6 Å². The summed E-state index contributed by atoms with van der Waals surface area (Å²) in [4.78, 5) is 11.2. The average Bonchev–Trinajstić information content (AvgIpc) is 2.54. The highest BCUT2D eigenvalue weighted by Crippen LogP contribution is 2.11. The molecule has 2 N–H and O–H groups in total. The molecule has 0 aliphatic carbocycles. The summed E-state index contributed by atoms with van der Waals surface area (Å²) in [6.45, 7) is 1.60. The van der Waals surface area contributed by atoms with Gasteiger partial charge in [-0.3, -0.25) is 0 Å². The summed E-state index contributed by atoms with van der Waals surface area (Å²) >= 11 is 0. The quantitative estimate of drug-likeness (QED) is 0.857. The van der Waals surface area contributed by atoms with E-state index in [1.54, 1.807) is 7.05 Å². The number of carbonyl (C=O) groups is 1. The predicted molar refractivity (Wildman–Crippen MR) is 82.7 cm³/mol. The minimum Gasteiger partial charge on any atom is -0.372 e. The van der Waals surface area contributed by atoms with Gasteiger partial charge in [0.2, 0.25) is 0 Å². The van der Waals surface area contributed by atoms with Crippen LogP contribution in [0.4, 0.5) is 4.79 Å². The molecule has 21 heavy (non-hydrogen) atoms. The molecule has 2 aromatic rings. The fraction of sp³-hybridized carbons (Fsp3) is 0.235. The largest absolute Gasteiger partial charge is 0.372 e. The van der Waals surface area contributed by atoms with Gasteiger partial charge in [0.15, 0.2) is 0 Å². The van der Waals surface area contributed by atoms with E-state index in [1.807, 2.05) is 54.6 Å². The van der Waals surface area contributed by atoms with Crippen LogP contribution in [0, 0.1) is 0 Å². The van der Waals surface area contributed by atoms with Crippen molar-refractivity contribution in [1.82, 2.24) is 10.6 Å². The van der Waals surface area contributed by atoms with Gasteiger partial charge in [0.1, 0.15) is 0 Å². The fourth-order valence-electron chi connectivity index (χ4n) is 1.99. The molecular weight excluding hydrogens is 264 g/mol. The maximum atomic E-state index is 11.2. The lowest BCUT2D eigenvalue weighted by atomic mass is 10.1. The van der Waals surface area contributed by atoms with Crippen LogP contribution in [0.25, 0.3) is 0 Å². The molecule has 0 saturated carbocycles. The highest BCUT2D eigenvalue weighted by molar-refractivity contribution is 5.73. The topological polar surface area (TPSA) is 50.4 Å². The Morgan fingerprint density at radius 1 is 0.952 bits per heavy atom. The predicted octanol–water partition coefficient (Wildman–Crippen LogP) is 2.83. The van der Waals surface area contributed by atoms with Gasteiger partial charge in [-0.25, -0.2) is 4.79 Å². The molecule has 0 fully saturated rings. The van der Waals surface area contributed by atoms with Crippen molar-refractivity contribution in [3.63, 3.8) is 0 Å². The van der Waals surface area contributed by atoms with E-state index < -0.39 is 0 Å². The zero-order valence-corrected chi connectivity index (χ0v) is 12.1. The van der Waals surface area contributed by atoms with Crippen LogP contribution in [0.15, 0.2) is 54.6 Å². The second kappa shape index (κ2) is 8.07. The highest BCUT2D eigenvalue weighted by Gasteiger charge is 2.04. The fourth-order valence-corrected chi connectivity index (χ4v) is 1.99. The standard InChI is InChI=1S/C17H20N2O2/c1-18-17(20)19-11-15-9-5-6-10-16(15)13-21-12-14-7-3-2-4-8-14/h2-10H,11-13H2,1H3,(H2,18,19,20). The molecule has 0 aliphatic heterocycles. The lowest BCUT2D eigenvalue weighted by Crippen LogP contribution is -2.32. The molecule has 0 atom stereocenters. The molecule has 110 valence electrons. The number of hydrogen-bond donors (Lipinski definition) is 2. The van der Waals surface area contributed by atoms with Crippen molar-refractivity contribution in [2.45, 2.75) is 19.8 Å². The van der Waals surface area contributed by atoms with Crippen LogP contribution in [0.1, 0.15) is 16.7 Å². The van der Waals surface area contributed by atoms with Crippen LogP contribution < -0.4 is 10.6 Å². The lowest BCUT2D eigenvalue weighted by molar-refractivity contribution is 0.106. The van der Waals surface area contributed by atoms with Gasteiger partial charge < -0.3 is 15.4 Å². The lowest BCUT2D eigenvalue weighted by Gasteiger charge is -2.11. The van der Waals surface area contributed by atoms with Crippen LogP contribution in [0.3, 0.4) is 0 Å². The third-order valence-electron chi connectivity index (χ3n) is 3.15. The van der Waals surface area contributed by atoms with Crippen molar-refractivity contribution in [2.75, 3.05) is 7.05 Å². The number of urea groups is 1. The molecule has 0 saturated heterocycles. The van der Waals surface area contributed by atoms with E-state index in [1.165, 1.54) is 0 Å². The number of benzene rings is 2. The Morgan fingerprint density at radius 3 is 2.33 bits per heavy atom. The van der Waals surface area contributed by atoms with E-state index in [-0.39, 0.29) is 6.03 Å². The monoisotopic (exact) mass is 284 g/mol. The number of ether oxygens (including phenoxy) is 1. The van der Waals surface area contributed by atoms with Crippen molar-refractivity contribution < 1.29 is 9.53 Å². The zero-order chi connectivity index (χ0) is 14.9. The Hall–Kier alpha value is -2.33. The van der Waals surface area contributed by atoms with E-state index >= 15 is 0 Å². The van der Waals surface area contributed by atoms with E-state index in [4.69, 9.17) is 4.74 Å². The van der Waals surface area contributed by atoms with Gasteiger partial charge >= 0.3 is 6.03 Å².